The number of aliphatic hydroxyl groups is 1. The Kier molecular flexibility index (Phi) is 3.60. The zero-order chi connectivity index (χ0) is 13.4. The molecule has 0 aliphatic carbocycles. The van der Waals surface area contributed by atoms with Crippen LogP contribution in [0.25, 0.3) is 10.2 Å². The van der Waals surface area contributed by atoms with Gasteiger partial charge in [0.1, 0.15) is 10.6 Å². The predicted octanol–water partition coefficient (Wildman–Crippen LogP) is 2.73. The fourth-order valence-electron chi connectivity index (χ4n) is 2.52. The summed E-state index contributed by atoms with van der Waals surface area (Å²) >= 11 is 7.71. The third-order valence-corrected chi connectivity index (χ3v) is 4.93. The van der Waals surface area contributed by atoms with Crippen molar-refractivity contribution >= 4 is 39.0 Å². The van der Waals surface area contributed by atoms with Gasteiger partial charge in [-0.15, -0.1) is 11.3 Å². The highest BCUT2D eigenvalue weighted by molar-refractivity contribution is 7.18. The van der Waals surface area contributed by atoms with Gasteiger partial charge in [-0.1, -0.05) is 6.92 Å². The van der Waals surface area contributed by atoms with Crippen LogP contribution < -0.4 is 4.90 Å². The summed E-state index contributed by atoms with van der Waals surface area (Å²) in [7, 11) is 0. The number of hydrogen-bond donors (Lipinski definition) is 1. The molecule has 3 rings (SSSR count). The van der Waals surface area contributed by atoms with Crippen molar-refractivity contribution in [3.8, 4) is 0 Å². The van der Waals surface area contributed by atoms with Gasteiger partial charge in [-0.3, -0.25) is 0 Å². The maximum atomic E-state index is 9.26. The molecular weight excluding hydrogens is 282 g/mol. The molecule has 0 aromatic carbocycles. The van der Waals surface area contributed by atoms with Crippen LogP contribution in [0.15, 0.2) is 6.07 Å². The molecule has 102 valence electrons. The number of aryl methyl sites for hydroxylation is 1. The van der Waals surface area contributed by atoms with E-state index >= 15 is 0 Å². The fourth-order valence-corrected chi connectivity index (χ4v) is 3.70. The lowest BCUT2D eigenvalue weighted by Crippen LogP contribution is -2.22. The van der Waals surface area contributed by atoms with E-state index in [4.69, 9.17) is 11.6 Å². The molecule has 1 saturated heterocycles. The van der Waals surface area contributed by atoms with Crippen LogP contribution in [0.2, 0.25) is 5.28 Å². The topological polar surface area (TPSA) is 49.2 Å². The maximum Gasteiger partial charge on any atom is 0.225 e. The molecule has 1 N–H and O–H groups in total. The van der Waals surface area contributed by atoms with E-state index in [0.717, 1.165) is 42.0 Å². The minimum Gasteiger partial charge on any atom is -0.396 e. The smallest absolute Gasteiger partial charge is 0.225 e. The van der Waals surface area contributed by atoms with Crippen LogP contribution in [0.3, 0.4) is 0 Å². The highest BCUT2D eigenvalue weighted by Crippen LogP contribution is 2.34. The van der Waals surface area contributed by atoms with Gasteiger partial charge in [0.2, 0.25) is 5.28 Å². The zero-order valence-electron chi connectivity index (χ0n) is 10.8. The van der Waals surface area contributed by atoms with Gasteiger partial charge in [-0.05, 0) is 30.5 Å². The van der Waals surface area contributed by atoms with Crippen molar-refractivity contribution < 1.29 is 5.11 Å². The summed E-state index contributed by atoms with van der Waals surface area (Å²) in [6, 6.07) is 2.16. The number of thiophene rings is 1. The van der Waals surface area contributed by atoms with Gasteiger partial charge in [-0.2, -0.15) is 4.98 Å². The first kappa shape index (κ1) is 13.1. The van der Waals surface area contributed by atoms with E-state index in [1.54, 1.807) is 11.3 Å². The monoisotopic (exact) mass is 297 g/mol. The Bertz CT molecular complexity index is 601. The average molecular weight is 298 g/mol. The van der Waals surface area contributed by atoms with E-state index in [0.29, 0.717) is 11.2 Å². The van der Waals surface area contributed by atoms with Crippen molar-refractivity contribution in [1.82, 2.24) is 9.97 Å². The number of halogens is 1. The van der Waals surface area contributed by atoms with Crippen LogP contribution in [0, 0.1) is 5.92 Å². The number of aromatic nitrogens is 2. The minimum atomic E-state index is 0.238. The molecule has 19 heavy (non-hydrogen) atoms. The lowest BCUT2D eigenvalue weighted by Gasteiger charge is -2.18. The second-order valence-electron chi connectivity index (χ2n) is 4.88. The first-order valence-electron chi connectivity index (χ1n) is 6.53. The largest absolute Gasteiger partial charge is 0.396 e. The average Bonchev–Trinajstić information content (AvgIpc) is 3.03. The molecule has 1 aliphatic rings. The molecule has 2 aromatic rings. The molecule has 0 bridgehead atoms. The van der Waals surface area contributed by atoms with Gasteiger partial charge < -0.3 is 10.0 Å². The summed E-state index contributed by atoms with van der Waals surface area (Å²) in [5.41, 5.74) is 0. The summed E-state index contributed by atoms with van der Waals surface area (Å²) in [5.74, 6) is 1.26. The lowest BCUT2D eigenvalue weighted by atomic mass is 10.1. The van der Waals surface area contributed by atoms with Crippen molar-refractivity contribution in [2.24, 2.45) is 5.92 Å². The number of aliphatic hydroxyl groups excluding tert-OH is 1. The molecule has 0 amide bonds. The van der Waals surface area contributed by atoms with Crippen LogP contribution >= 0.6 is 22.9 Å². The molecule has 1 unspecified atom stereocenters. The quantitative estimate of drug-likeness (QED) is 0.885. The molecule has 1 atom stereocenters. The summed E-state index contributed by atoms with van der Waals surface area (Å²) in [5, 5.41) is 10.7. The van der Waals surface area contributed by atoms with E-state index in [9.17, 15) is 5.11 Å². The minimum absolute atomic E-state index is 0.238. The Labute approximate surface area is 121 Å². The highest BCUT2D eigenvalue weighted by Gasteiger charge is 2.25. The molecule has 2 aromatic heterocycles. The Hall–Kier alpha value is -0.910. The van der Waals surface area contributed by atoms with Gasteiger partial charge in [0.15, 0.2) is 0 Å². The Morgan fingerprint density at radius 2 is 2.37 bits per heavy atom. The van der Waals surface area contributed by atoms with Gasteiger partial charge in [0.25, 0.3) is 0 Å². The number of anilines is 1. The molecule has 3 heterocycles. The lowest BCUT2D eigenvalue weighted by molar-refractivity contribution is 0.238. The fraction of sp³-hybridized carbons (Fsp3) is 0.538. The summed E-state index contributed by atoms with van der Waals surface area (Å²) in [4.78, 5) is 13.2. The van der Waals surface area contributed by atoms with Crippen molar-refractivity contribution in [3.63, 3.8) is 0 Å². The van der Waals surface area contributed by atoms with E-state index in [-0.39, 0.29) is 6.61 Å². The Morgan fingerprint density at radius 1 is 1.53 bits per heavy atom. The van der Waals surface area contributed by atoms with Crippen LogP contribution in [-0.2, 0) is 6.42 Å². The molecule has 0 saturated carbocycles. The van der Waals surface area contributed by atoms with E-state index < -0.39 is 0 Å². The van der Waals surface area contributed by atoms with Crippen LogP contribution in [0.5, 0.6) is 0 Å². The van der Waals surface area contributed by atoms with Crippen molar-refractivity contribution in [1.29, 1.82) is 0 Å². The summed E-state index contributed by atoms with van der Waals surface area (Å²) in [6.07, 6.45) is 2.00. The molecular formula is C13H16ClN3OS. The highest BCUT2D eigenvalue weighted by atomic mass is 35.5. The third-order valence-electron chi connectivity index (χ3n) is 3.59. The van der Waals surface area contributed by atoms with E-state index in [1.165, 1.54) is 4.88 Å². The Morgan fingerprint density at radius 3 is 3.05 bits per heavy atom. The standard InChI is InChI=1S/C13H16ClN3OS/c1-2-9-5-10-11(15-13(14)16-12(10)19-9)17-4-3-8(6-17)7-18/h5,8,18H,2-4,6-7H2,1H3. The number of nitrogens with zero attached hydrogens (tertiary/aromatic N) is 3. The van der Waals surface area contributed by atoms with Gasteiger partial charge in [0.05, 0.1) is 5.39 Å². The van der Waals surface area contributed by atoms with Gasteiger partial charge in [0, 0.05) is 30.5 Å². The zero-order valence-corrected chi connectivity index (χ0v) is 12.3. The normalized spacial score (nSPS) is 19.5. The molecule has 1 fully saturated rings. The number of fused-ring (bicyclic) bond motifs is 1. The summed E-state index contributed by atoms with van der Waals surface area (Å²) < 4.78 is 0. The molecule has 0 spiro atoms. The van der Waals surface area contributed by atoms with Crippen molar-refractivity contribution in [2.75, 3.05) is 24.6 Å². The van der Waals surface area contributed by atoms with Gasteiger partial charge >= 0.3 is 0 Å². The van der Waals surface area contributed by atoms with Crippen LogP contribution in [0.1, 0.15) is 18.2 Å². The SMILES string of the molecule is CCc1cc2c(N3CCC(CO)C3)nc(Cl)nc2s1. The van der Waals surface area contributed by atoms with E-state index in [1.807, 2.05) is 0 Å². The molecule has 4 nitrogen and oxygen atoms in total. The molecule has 0 radical (unpaired) electrons. The second kappa shape index (κ2) is 5.23. The predicted molar refractivity (Wildman–Crippen MR) is 79.2 cm³/mol. The Balaban J connectivity index is 2.04. The first-order chi connectivity index (χ1) is 9.21. The van der Waals surface area contributed by atoms with Crippen LogP contribution in [0.4, 0.5) is 5.82 Å². The van der Waals surface area contributed by atoms with Crippen molar-refractivity contribution in [3.05, 3.63) is 16.2 Å². The van der Waals surface area contributed by atoms with E-state index in [2.05, 4.69) is 27.9 Å². The summed E-state index contributed by atoms with van der Waals surface area (Å²) in [6.45, 7) is 4.14. The van der Waals surface area contributed by atoms with Gasteiger partial charge in [-0.25, -0.2) is 4.98 Å². The third kappa shape index (κ3) is 2.42. The number of hydrogen-bond acceptors (Lipinski definition) is 5. The molecule has 1 aliphatic heterocycles. The molecule has 6 heteroatoms. The van der Waals surface area contributed by atoms with Crippen molar-refractivity contribution in [2.45, 2.75) is 19.8 Å². The first-order valence-corrected chi connectivity index (χ1v) is 7.72. The maximum absolute atomic E-state index is 9.26. The second-order valence-corrected chi connectivity index (χ2v) is 6.34. The van der Waals surface area contributed by atoms with Crippen LogP contribution in [-0.4, -0.2) is 34.8 Å². The number of rotatable bonds is 3.